The lowest BCUT2D eigenvalue weighted by Crippen LogP contribution is -2.09. The van der Waals surface area contributed by atoms with Gasteiger partial charge in [0.25, 0.3) is 11.6 Å². The van der Waals surface area contributed by atoms with Gasteiger partial charge in [-0.1, -0.05) is 6.07 Å². The van der Waals surface area contributed by atoms with E-state index in [2.05, 4.69) is 10.2 Å². The quantitative estimate of drug-likeness (QED) is 0.419. The smallest absolute Gasteiger partial charge is 0.339 e. The summed E-state index contributed by atoms with van der Waals surface area (Å²) in [5, 5.41) is 27.8. The van der Waals surface area contributed by atoms with E-state index in [9.17, 15) is 20.0 Å². The fraction of sp³-hybridized carbons (Fsp3) is 0.118. The number of rotatable bonds is 5. The molecule has 1 N–H and O–H groups in total. The van der Waals surface area contributed by atoms with E-state index < -0.39 is 17.0 Å². The molecule has 1 aromatic heterocycles. The number of aromatic hydroxyl groups is 1. The van der Waals surface area contributed by atoms with Crippen LogP contribution in [0.2, 0.25) is 0 Å². The Morgan fingerprint density at radius 3 is 2.62 bits per heavy atom. The molecule has 0 saturated carbocycles. The molecule has 9 heteroatoms. The number of hydrogen-bond acceptors (Lipinski definition) is 8. The van der Waals surface area contributed by atoms with Crippen LogP contribution in [0.15, 0.2) is 52.9 Å². The molecule has 3 rings (SSSR count). The number of nitro benzene ring substituents is 1. The molecule has 2 aromatic carbocycles. The first-order chi connectivity index (χ1) is 12.4. The summed E-state index contributed by atoms with van der Waals surface area (Å²) >= 11 is 0. The summed E-state index contributed by atoms with van der Waals surface area (Å²) in [6.07, 6.45) is -0.816. The Hall–Kier alpha value is -3.75. The SMILES string of the molecule is C[C@H](OC(=O)c1cccc(O)c1)c1nnc(-c2ccc([N+](=O)[O-])cc2)o1. The van der Waals surface area contributed by atoms with Gasteiger partial charge in [0.15, 0.2) is 6.10 Å². The Morgan fingerprint density at radius 2 is 1.96 bits per heavy atom. The lowest BCUT2D eigenvalue weighted by atomic mass is 10.2. The molecule has 0 radical (unpaired) electrons. The Morgan fingerprint density at radius 1 is 1.23 bits per heavy atom. The number of nitro groups is 1. The molecule has 26 heavy (non-hydrogen) atoms. The summed E-state index contributed by atoms with van der Waals surface area (Å²) < 4.78 is 10.7. The fourth-order valence-electron chi connectivity index (χ4n) is 2.15. The van der Waals surface area contributed by atoms with Crippen molar-refractivity contribution < 1.29 is 24.0 Å². The van der Waals surface area contributed by atoms with Crippen molar-refractivity contribution in [2.75, 3.05) is 0 Å². The van der Waals surface area contributed by atoms with Crippen molar-refractivity contribution in [3.8, 4) is 17.2 Å². The fourth-order valence-corrected chi connectivity index (χ4v) is 2.15. The monoisotopic (exact) mass is 355 g/mol. The molecule has 0 bridgehead atoms. The zero-order valence-corrected chi connectivity index (χ0v) is 13.5. The number of phenols is 1. The Bertz CT molecular complexity index is 951. The molecular formula is C17H13N3O6. The zero-order valence-electron chi connectivity index (χ0n) is 13.5. The number of carbonyl (C=O) groups excluding carboxylic acids is 1. The van der Waals surface area contributed by atoms with Crippen LogP contribution in [0.1, 0.15) is 29.3 Å². The summed E-state index contributed by atoms with van der Waals surface area (Å²) in [5.41, 5.74) is 0.634. The number of non-ortho nitro benzene ring substituents is 1. The minimum absolute atomic E-state index is 0.0506. The summed E-state index contributed by atoms with van der Waals surface area (Å²) in [6, 6.07) is 11.4. The molecule has 0 aliphatic heterocycles. The summed E-state index contributed by atoms with van der Waals surface area (Å²) in [6.45, 7) is 1.56. The molecule has 3 aromatic rings. The van der Waals surface area contributed by atoms with Gasteiger partial charge in [0.1, 0.15) is 5.75 Å². The van der Waals surface area contributed by atoms with E-state index in [-0.39, 0.29) is 28.8 Å². The first kappa shape index (κ1) is 17.1. The molecule has 1 heterocycles. The Labute approximate surface area is 147 Å². The number of carbonyl (C=O) groups is 1. The van der Waals surface area contributed by atoms with Crippen molar-refractivity contribution >= 4 is 11.7 Å². The van der Waals surface area contributed by atoms with E-state index in [1.807, 2.05) is 0 Å². The third-order valence-corrected chi connectivity index (χ3v) is 3.48. The van der Waals surface area contributed by atoms with Gasteiger partial charge in [-0.2, -0.15) is 0 Å². The lowest BCUT2D eigenvalue weighted by Gasteiger charge is -2.09. The number of benzene rings is 2. The predicted octanol–water partition coefficient (Wildman–Crippen LogP) is 3.27. The average Bonchev–Trinajstić information content (AvgIpc) is 3.12. The highest BCUT2D eigenvalue weighted by Crippen LogP contribution is 2.25. The molecule has 0 unspecified atom stereocenters. The zero-order chi connectivity index (χ0) is 18.7. The minimum Gasteiger partial charge on any atom is -0.508 e. The average molecular weight is 355 g/mol. The van der Waals surface area contributed by atoms with E-state index in [0.717, 1.165) is 0 Å². The first-order valence-electron chi connectivity index (χ1n) is 7.52. The van der Waals surface area contributed by atoms with Gasteiger partial charge in [0, 0.05) is 17.7 Å². The third kappa shape index (κ3) is 3.66. The maximum Gasteiger partial charge on any atom is 0.339 e. The highest BCUT2D eigenvalue weighted by atomic mass is 16.6. The van der Waals surface area contributed by atoms with E-state index in [4.69, 9.17) is 9.15 Å². The molecule has 0 spiro atoms. The summed E-state index contributed by atoms with van der Waals surface area (Å²) in [5.74, 6) is -0.476. The van der Waals surface area contributed by atoms with Crippen LogP contribution in [0, 0.1) is 10.1 Å². The Balaban J connectivity index is 1.72. The summed E-state index contributed by atoms with van der Waals surface area (Å²) in [4.78, 5) is 22.2. The van der Waals surface area contributed by atoms with Gasteiger partial charge in [-0.15, -0.1) is 10.2 Å². The third-order valence-electron chi connectivity index (χ3n) is 3.48. The van der Waals surface area contributed by atoms with Crippen molar-refractivity contribution in [3.05, 3.63) is 70.1 Å². The normalized spacial score (nSPS) is 11.7. The van der Waals surface area contributed by atoms with Gasteiger partial charge in [0.05, 0.1) is 10.5 Å². The largest absolute Gasteiger partial charge is 0.508 e. The van der Waals surface area contributed by atoms with E-state index in [1.54, 1.807) is 6.92 Å². The molecule has 9 nitrogen and oxygen atoms in total. The van der Waals surface area contributed by atoms with Crippen molar-refractivity contribution in [1.82, 2.24) is 10.2 Å². The van der Waals surface area contributed by atoms with Crippen molar-refractivity contribution in [2.24, 2.45) is 0 Å². The van der Waals surface area contributed by atoms with Gasteiger partial charge in [0.2, 0.25) is 5.89 Å². The van der Waals surface area contributed by atoms with Gasteiger partial charge >= 0.3 is 5.97 Å². The predicted molar refractivity (Wildman–Crippen MR) is 88.3 cm³/mol. The number of nitrogens with zero attached hydrogens (tertiary/aromatic N) is 3. The maximum absolute atomic E-state index is 12.1. The molecule has 0 aliphatic carbocycles. The number of aromatic nitrogens is 2. The molecule has 132 valence electrons. The van der Waals surface area contributed by atoms with E-state index in [1.165, 1.54) is 48.5 Å². The van der Waals surface area contributed by atoms with Gasteiger partial charge in [-0.25, -0.2) is 4.79 Å². The molecule has 0 aliphatic rings. The number of phenolic OH excluding ortho intramolecular Hbond substituents is 1. The molecule has 1 atom stereocenters. The van der Waals surface area contributed by atoms with Gasteiger partial charge < -0.3 is 14.3 Å². The number of hydrogen-bond donors (Lipinski definition) is 1. The lowest BCUT2D eigenvalue weighted by molar-refractivity contribution is -0.384. The van der Waals surface area contributed by atoms with Crippen LogP contribution in [0.3, 0.4) is 0 Å². The first-order valence-corrected chi connectivity index (χ1v) is 7.52. The van der Waals surface area contributed by atoms with Crippen LogP contribution in [0.25, 0.3) is 11.5 Å². The van der Waals surface area contributed by atoms with Crippen molar-refractivity contribution in [2.45, 2.75) is 13.0 Å². The second kappa shape index (κ2) is 7.01. The highest BCUT2D eigenvalue weighted by Gasteiger charge is 2.20. The second-order valence-electron chi connectivity index (χ2n) is 5.35. The summed E-state index contributed by atoms with van der Waals surface area (Å²) in [7, 11) is 0. The van der Waals surface area contributed by atoms with Crippen LogP contribution in [-0.2, 0) is 4.74 Å². The van der Waals surface area contributed by atoms with Crippen molar-refractivity contribution in [3.63, 3.8) is 0 Å². The molecule has 0 amide bonds. The van der Waals surface area contributed by atoms with Crippen LogP contribution >= 0.6 is 0 Å². The van der Waals surface area contributed by atoms with Crippen LogP contribution < -0.4 is 0 Å². The minimum atomic E-state index is -0.816. The highest BCUT2D eigenvalue weighted by molar-refractivity contribution is 5.89. The van der Waals surface area contributed by atoms with Gasteiger partial charge in [-0.05, 0) is 37.3 Å². The Kier molecular flexibility index (Phi) is 4.61. The van der Waals surface area contributed by atoms with E-state index in [0.29, 0.717) is 5.56 Å². The topological polar surface area (TPSA) is 129 Å². The van der Waals surface area contributed by atoms with Crippen LogP contribution in [-0.4, -0.2) is 26.2 Å². The van der Waals surface area contributed by atoms with Gasteiger partial charge in [-0.3, -0.25) is 10.1 Å². The molecular weight excluding hydrogens is 342 g/mol. The second-order valence-corrected chi connectivity index (χ2v) is 5.35. The standard InChI is InChI=1S/C17H13N3O6/c1-10(25-17(22)12-3-2-4-14(21)9-12)15-18-19-16(26-15)11-5-7-13(8-6-11)20(23)24/h2-10,21H,1H3/t10-/m0/s1. The molecule has 0 saturated heterocycles. The molecule has 0 fully saturated rings. The number of ether oxygens (including phenoxy) is 1. The maximum atomic E-state index is 12.1. The van der Waals surface area contributed by atoms with Crippen LogP contribution in [0.4, 0.5) is 5.69 Å². The van der Waals surface area contributed by atoms with Crippen molar-refractivity contribution in [1.29, 1.82) is 0 Å². The number of esters is 1. The van der Waals surface area contributed by atoms with Crippen LogP contribution in [0.5, 0.6) is 5.75 Å². The van der Waals surface area contributed by atoms with E-state index >= 15 is 0 Å².